The molecule has 1 amide bonds. The highest BCUT2D eigenvalue weighted by Crippen LogP contribution is 2.28. The summed E-state index contributed by atoms with van der Waals surface area (Å²) in [5.41, 5.74) is 2.65. The molecule has 1 saturated heterocycles. The van der Waals surface area contributed by atoms with Gasteiger partial charge in [0.15, 0.2) is 5.11 Å². The van der Waals surface area contributed by atoms with Gasteiger partial charge in [0, 0.05) is 35.9 Å². The molecule has 3 aromatic rings. The Bertz CT molecular complexity index is 1140. The molecule has 0 aliphatic carbocycles. The van der Waals surface area contributed by atoms with Gasteiger partial charge in [-0.05, 0) is 84.9 Å². The molecule has 0 radical (unpaired) electrons. The number of hydrogen-bond acceptors (Lipinski definition) is 3. The van der Waals surface area contributed by atoms with Crippen molar-refractivity contribution < 1.29 is 13.9 Å². The lowest BCUT2D eigenvalue weighted by molar-refractivity contribution is -0.116. The molecule has 3 aromatic carbocycles. The number of amides is 1. The van der Waals surface area contributed by atoms with Crippen molar-refractivity contribution in [2.75, 3.05) is 30.4 Å². The number of carbonyl (C=O) groups is 1. The summed E-state index contributed by atoms with van der Waals surface area (Å²) >= 11 is 11.8. The molecule has 0 bridgehead atoms. The normalized spacial score (nSPS) is 15.5. The standard InChI is InChI=1S/C26H25ClFN3O2S/c1-33-24-12-10-22(11-13-24)31-17-23(16-25(32)29-21-8-4-19(27)5-9-21)30(26(31)34)15-14-18-2-6-20(28)7-3-18/h2-13,23H,14-17H2,1H3,(H,29,32)/t23-/m0/s1. The molecule has 1 fully saturated rings. The summed E-state index contributed by atoms with van der Waals surface area (Å²) in [6.07, 6.45) is 0.963. The fraction of sp³-hybridized carbons (Fsp3) is 0.231. The maximum Gasteiger partial charge on any atom is 0.226 e. The monoisotopic (exact) mass is 497 g/mol. The lowest BCUT2D eigenvalue weighted by Crippen LogP contribution is -2.38. The lowest BCUT2D eigenvalue weighted by Gasteiger charge is -2.25. The van der Waals surface area contributed by atoms with E-state index in [-0.39, 0.29) is 24.2 Å². The molecule has 5 nitrogen and oxygen atoms in total. The van der Waals surface area contributed by atoms with Crippen LogP contribution < -0.4 is 15.0 Å². The van der Waals surface area contributed by atoms with Gasteiger partial charge in [-0.15, -0.1) is 0 Å². The number of carbonyl (C=O) groups excluding carboxylic acids is 1. The minimum atomic E-state index is -0.261. The van der Waals surface area contributed by atoms with Gasteiger partial charge < -0.3 is 19.9 Å². The fourth-order valence-corrected chi connectivity index (χ4v) is 4.54. The van der Waals surface area contributed by atoms with Gasteiger partial charge in [-0.2, -0.15) is 0 Å². The van der Waals surface area contributed by atoms with E-state index in [1.807, 2.05) is 29.2 Å². The van der Waals surface area contributed by atoms with E-state index in [1.165, 1.54) is 12.1 Å². The van der Waals surface area contributed by atoms with Crippen molar-refractivity contribution in [2.45, 2.75) is 18.9 Å². The highest BCUT2D eigenvalue weighted by atomic mass is 35.5. The van der Waals surface area contributed by atoms with Crippen LogP contribution in [0.5, 0.6) is 5.75 Å². The van der Waals surface area contributed by atoms with Gasteiger partial charge in [0.25, 0.3) is 0 Å². The number of nitrogens with one attached hydrogen (secondary N) is 1. The molecule has 8 heteroatoms. The predicted molar refractivity (Wildman–Crippen MR) is 138 cm³/mol. The number of rotatable bonds is 8. The van der Waals surface area contributed by atoms with E-state index in [0.717, 1.165) is 17.0 Å². The Morgan fingerprint density at radius 2 is 1.76 bits per heavy atom. The number of ether oxygens (including phenoxy) is 1. The number of halogens is 2. The average Bonchev–Trinajstić information content (AvgIpc) is 3.15. The Balaban J connectivity index is 1.49. The number of thiocarbonyl (C=S) groups is 1. The van der Waals surface area contributed by atoms with Gasteiger partial charge >= 0.3 is 0 Å². The van der Waals surface area contributed by atoms with E-state index in [1.54, 1.807) is 43.5 Å². The summed E-state index contributed by atoms with van der Waals surface area (Å²) in [5.74, 6) is 0.405. The third-order valence-corrected chi connectivity index (χ3v) is 6.51. The number of nitrogens with zero attached hydrogens (tertiary/aromatic N) is 2. The minimum absolute atomic E-state index is 0.0986. The van der Waals surface area contributed by atoms with Gasteiger partial charge in [-0.25, -0.2) is 4.39 Å². The first-order valence-electron chi connectivity index (χ1n) is 10.9. The second-order valence-electron chi connectivity index (χ2n) is 8.07. The second-order valence-corrected chi connectivity index (χ2v) is 8.88. The SMILES string of the molecule is COc1ccc(N2C[C@H](CC(=O)Nc3ccc(Cl)cc3)N(CCc3ccc(F)cc3)C2=S)cc1. The number of anilines is 2. The van der Waals surface area contributed by atoms with Crippen molar-refractivity contribution in [3.63, 3.8) is 0 Å². The van der Waals surface area contributed by atoms with Crippen LogP contribution in [0.25, 0.3) is 0 Å². The third kappa shape index (κ3) is 5.85. The molecule has 34 heavy (non-hydrogen) atoms. The number of benzene rings is 3. The first-order chi connectivity index (χ1) is 16.4. The molecule has 1 aliphatic rings. The molecule has 1 aliphatic heterocycles. The van der Waals surface area contributed by atoms with E-state index in [0.29, 0.717) is 35.3 Å². The maximum absolute atomic E-state index is 13.3. The first-order valence-corrected chi connectivity index (χ1v) is 11.7. The lowest BCUT2D eigenvalue weighted by atomic mass is 10.1. The van der Waals surface area contributed by atoms with Crippen LogP contribution in [0, 0.1) is 5.82 Å². The van der Waals surface area contributed by atoms with E-state index in [9.17, 15) is 9.18 Å². The zero-order valence-electron chi connectivity index (χ0n) is 18.7. The van der Waals surface area contributed by atoms with Crippen LogP contribution >= 0.6 is 23.8 Å². The topological polar surface area (TPSA) is 44.8 Å². The van der Waals surface area contributed by atoms with Crippen LogP contribution in [0.3, 0.4) is 0 Å². The second kappa shape index (κ2) is 10.8. The summed E-state index contributed by atoms with van der Waals surface area (Å²) in [4.78, 5) is 17.0. The van der Waals surface area contributed by atoms with Crippen LogP contribution in [0.15, 0.2) is 72.8 Å². The molecule has 1 atom stereocenters. The van der Waals surface area contributed by atoms with Crippen LogP contribution in [-0.2, 0) is 11.2 Å². The van der Waals surface area contributed by atoms with Gasteiger partial charge in [-0.3, -0.25) is 4.79 Å². The summed E-state index contributed by atoms with van der Waals surface area (Å²) in [6, 6.07) is 21.1. The van der Waals surface area contributed by atoms with E-state index >= 15 is 0 Å². The third-order valence-electron chi connectivity index (χ3n) is 5.80. The maximum atomic E-state index is 13.3. The molecule has 1 N–H and O–H groups in total. The first kappa shape index (κ1) is 24.0. The Labute approximate surface area is 209 Å². The quantitative estimate of drug-likeness (QED) is 0.414. The van der Waals surface area contributed by atoms with E-state index < -0.39 is 0 Å². The van der Waals surface area contributed by atoms with Crippen molar-refractivity contribution in [1.82, 2.24) is 4.90 Å². The van der Waals surface area contributed by atoms with Crippen LogP contribution in [0.2, 0.25) is 5.02 Å². The summed E-state index contributed by atoms with van der Waals surface area (Å²) in [7, 11) is 1.63. The van der Waals surface area contributed by atoms with Gasteiger partial charge in [0.2, 0.25) is 5.91 Å². The Kier molecular flexibility index (Phi) is 7.65. The van der Waals surface area contributed by atoms with Crippen molar-refractivity contribution in [3.05, 3.63) is 89.2 Å². The largest absolute Gasteiger partial charge is 0.497 e. The molecule has 4 rings (SSSR count). The highest BCUT2D eigenvalue weighted by Gasteiger charge is 2.36. The summed E-state index contributed by atoms with van der Waals surface area (Å²) < 4.78 is 18.6. The fourth-order valence-electron chi connectivity index (χ4n) is 3.99. The predicted octanol–water partition coefficient (Wildman–Crippen LogP) is 5.53. The van der Waals surface area contributed by atoms with Crippen LogP contribution in [0.1, 0.15) is 12.0 Å². The van der Waals surface area contributed by atoms with Gasteiger partial charge in [-0.1, -0.05) is 23.7 Å². The molecular weight excluding hydrogens is 473 g/mol. The zero-order valence-corrected chi connectivity index (χ0v) is 20.3. The van der Waals surface area contributed by atoms with Gasteiger partial charge in [0.05, 0.1) is 13.2 Å². The summed E-state index contributed by atoms with van der Waals surface area (Å²) in [5, 5.41) is 4.21. The molecule has 0 spiro atoms. The Morgan fingerprint density at radius 3 is 2.41 bits per heavy atom. The van der Waals surface area contributed by atoms with Crippen LogP contribution in [-0.4, -0.2) is 42.2 Å². The Morgan fingerprint density at radius 1 is 1.09 bits per heavy atom. The van der Waals surface area contributed by atoms with Crippen molar-refractivity contribution in [1.29, 1.82) is 0 Å². The number of hydrogen-bond donors (Lipinski definition) is 1. The van der Waals surface area contributed by atoms with E-state index in [2.05, 4.69) is 10.2 Å². The van der Waals surface area contributed by atoms with Crippen LogP contribution in [0.4, 0.5) is 15.8 Å². The molecule has 176 valence electrons. The minimum Gasteiger partial charge on any atom is -0.497 e. The molecule has 0 aromatic heterocycles. The molecule has 1 heterocycles. The molecular formula is C26H25ClFN3O2S. The average molecular weight is 498 g/mol. The van der Waals surface area contributed by atoms with E-state index in [4.69, 9.17) is 28.6 Å². The van der Waals surface area contributed by atoms with Crippen molar-refractivity contribution in [3.8, 4) is 5.75 Å². The zero-order chi connectivity index (χ0) is 24.1. The van der Waals surface area contributed by atoms with Gasteiger partial charge in [0.1, 0.15) is 11.6 Å². The molecule has 0 unspecified atom stereocenters. The number of methoxy groups -OCH3 is 1. The Hall–Kier alpha value is -3.16. The summed E-state index contributed by atoms with van der Waals surface area (Å²) in [6.45, 7) is 1.21. The van der Waals surface area contributed by atoms with Crippen molar-refractivity contribution in [2.24, 2.45) is 0 Å². The van der Waals surface area contributed by atoms with Crippen molar-refractivity contribution >= 4 is 46.2 Å². The highest BCUT2D eigenvalue weighted by molar-refractivity contribution is 7.80. The smallest absolute Gasteiger partial charge is 0.226 e. The molecule has 0 saturated carbocycles.